The second-order valence-electron chi connectivity index (χ2n) is 5.93. The van der Waals surface area contributed by atoms with Crippen LogP contribution in [0.15, 0.2) is 28.9 Å². The van der Waals surface area contributed by atoms with Gasteiger partial charge in [-0.15, -0.1) is 0 Å². The number of amides is 1. The van der Waals surface area contributed by atoms with Gasteiger partial charge in [0, 0.05) is 23.3 Å². The maximum absolute atomic E-state index is 12.5. The molecule has 2 rings (SSSR count). The van der Waals surface area contributed by atoms with E-state index in [1.165, 1.54) is 12.3 Å². The molecule has 0 saturated heterocycles. The number of benzene rings is 1. The number of aromatic hydroxyl groups is 1. The summed E-state index contributed by atoms with van der Waals surface area (Å²) >= 11 is 9.40. The van der Waals surface area contributed by atoms with Crippen molar-refractivity contribution in [3.05, 3.63) is 45.3 Å². The molecule has 1 amide bonds. The van der Waals surface area contributed by atoms with Crippen LogP contribution >= 0.6 is 27.5 Å². The smallest absolute Gasteiger partial charge is 0.243 e. The number of phenolic OH excluding ortho intramolecular Hbond substituents is 1. The molecule has 0 fully saturated rings. The zero-order valence-corrected chi connectivity index (χ0v) is 16.5. The summed E-state index contributed by atoms with van der Waals surface area (Å²) < 4.78 is 0.540. The second kappa shape index (κ2) is 8.83. The molecule has 2 aromatic rings. The summed E-state index contributed by atoms with van der Waals surface area (Å²) in [5.74, 6) is 0.157. The monoisotopic (exact) mass is 437 g/mol. The summed E-state index contributed by atoms with van der Waals surface area (Å²) in [6.07, 6.45) is 1.36. The Balaban J connectivity index is 2.26. The Hall–Kier alpha value is -2.37. The van der Waals surface area contributed by atoms with Gasteiger partial charge in [-0.05, 0) is 34.0 Å². The number of carbonyl (C=O) groups is 1. The lowest BCUT2D eigenvalue weighted by Crippen LogP contribution is -2.46. The van der Waals surface area contributed by atoms with Crippen molar-refractivity contribution in [3.8, 4) is 11.8 Å². The molecule has 1 aromatic carbocycles. The van der Waals surface area contributed by atoms with Crippen molar-refractivity contribution >= 4 is 39.3 Å². The van der Waals surface area contributed by atoms with E-state index in [-0.39, 0.29) is 29.8 Å². The second-order valence-corrected chi connectivity index (χ2v) is 7.19. The van der Waals surface area contributed by atoms with Gasteiger partial charge < -0.3 is 5.11 Å². The standard InChI is InChI=1S/C17H17BrClN5O2/c1-10(2)9-24(17-12(18)8-21-15(7-20)22-17)23-16(26)6-11-13(19)4-3-5-14(11)25/h3-5,8,10,25H,6,9H2,1-2H3,(H,23,26). The number of hydrogen-bond donors (Lipinski definition) is 2. The molecule has 0 atom stereocenters. The van der Waals surface area contributed by atoms with E-state index >= 15 is 0 Å². The van der Waals surface area contributed by atoms with E-state index in [9.17, 15) is 9.90 Å². The SMILES string of the molecule is CC(C)CN(NC(=O)Cc1c(O)cccc1Cl)c1nc(C#N)ncc1Br. The molecule has 26 heavy (non-hydrogen) atoms. The van der Waals surface area contributed by atoms with E-state index in [0.29, 0.717) is 27.4 Å². The third-order valence-corrected chi connectivity index (χ3v) is 4.23. The average molecular weight is 439 g/mol. The van der Waals surface area contributed by atoms with Crippen molar-refractivity contribution in [2.24, 2.45) is 5.92 Å². The quantitative estimate of drug-likeness (QED) is 0.672. The highest BCUT2D eigenvalue weighted by atomic mass is 79.9. The summed E-state index contributed by atoms with van der Waals surface area (Å²) in [6, 6.07) is 6.56. The molecule has 0 aliphatic rings. The minimum Gasteiger partial charge on any atom is -0.508 e. The first-order chi connectivity index (χ1) is 12.3. The predicted octanol–water partition coefficient (Wildman–Crippen LogP) is 3.21. The highest BCUT2D eigenvalue weighted by molar-refractivity contribution is 9.10. The van der Waals surface area contributed by atoms with Crippen LogP contribution in [0.1, 0.15) is 25.2 Å². The van der Waals surface area contributed by atoms with E-state index in [0.717, 1.165) is 0 Å². The van der Waals surface area contributed by atoms with Crippen LogP contribution in [0.3, 0.4) is 0 Å². The number of hydrazine groups is 1. The Morgan fingerprint density at radius 3 is 2.85 bits per heavy atom. The highest BCUT2D eigenvalue weighted by Gasteiger charge is 2.19. The fraction of sp³-hybridized carbons (Fsp3) is 0.294. The van der Waals surface area contributed by atoms with Gasteiger partial charge in [-0.2, -0.15) is 10.2 Å². The number of nitrogens with one attached hydrogen (secondary N) is 1. The molecule has 0 aliphatic carbocycles. The number of carbonyl (C=O) groups excluding carboxylic acids is 1. The van der Waals surface area contributed by atoms with Gasteiger partial charge in [-0.3, -0.25) is 15.2 Å². The highest BCUT2D eigenvalue weighted by Crippen LogP contribution is 2.26. The number of aromatic nitrogens is 2. The minimum atomic E-state index is -0.377. The maximum Gasteiger partial charge on any atom is 0.243 e. The van der Waals surface area contributed by atoms with Crippen LogP contribution in [0.5, 0.6) is 5.75 Å². The zero-order chi connectivity index (χ0) is 19.3. The van der Waals surface area contributed by atoms with Crippen molar-refractivity contribution in [2.75, 3.05) is 11.6 Å². The summed E-state index contributed by atoms with van der Waals surface area (Å²) in [5, 5.41) is 20.8. The summed E-state index contributed by atoms with van der Waals surface area (Å²) in [7, 11) is 0. The predicted molar refractivity (Wildman–Crippen MR) is 102 cm³/mol. The lowest BCUT2D eigenvalue weighted by Gasteiger charge is -2.27. The van der Waals surface area contributed by atoms with Crippen molar-refractivity contribution < 1.29 is 9.90 Å². The molecule has 0 bridgehead atoms. The molecule has 0 radical (unpaired) electrons. The Labute approximate surface area is 164 Å². The number of rotatable bonds is 6. The van der Waals surface area contributed by atoms with Crippen LogP contribution in [-0.2, 0) is 11.2 Å². The molecular formula is C17H17BrClN5O2. The molecule has 0 unspecified atom stereocenters. The van der Waals surface area contributed by atoms with E-state index in [4.69, 9.17) is 16.9 Å². The van der Waals surface area contributed by atoms with E-state index < -0.39 is 0 Å². The molecule has 2 N–H and O–H groups in total. The van der Waals surface area contributed by atoms with Crippen LogP contribution in [0.4, 0.5) is 5.82 Å². The van der Waals surface area contributed by atoms with Gasteiger partial charge in [0.25, 0.3) is 0 Å². The Morgan fingerprint density at radius 1 is 1.50 bits per heavy atom. The van der Waals surface area contributed by atoms with Crippen LogP contribution in [0.25, 0.3) is 0 Å². The van der Waals surface area contributed by atoms with Crippen LogP contribution in [0.2, 0.25) is 5.02 Å². The summed E-state index contributed by atoms with van der Waals surface area (Å²) in [5.41, 5.74) is 3.10. The van der Waals surface area contributed by atoms with Gasteiger partial charge in [0.1, 0.15) is 11.8 Å². The summed E-state index contributed by atoms with van der Waals surface area (Å²) in [6.45, 7) is 4.43. The Morgan fingerprint density at radius 2 is 2.23 bits per heavy atom. The third-order valence-electron chi connectivity index (χ3n) is 3.32. The van der Waals surface area contributed by atoms with Crippen molar-refractivity contribution in [1.29, 1.82) is 5.26 Å². The number of anilines is 1. The van der Waals surface area contributed by atoms with Crippen LogP contribution in [-0.4, -0.2) is 27.5 Å². The fourth-order valence-electron chi connectivity index (χ4n) is 2.22. The lowest BCUT2D eigenvalue weighted by molar-refractivity contribution is -0.120. The van der Waals surface area contributed by atoms with Crippen LogP contribution < -0.4 is 10.4 Å². The van der Waals surface area contributed by atoms with E-state index in [1.54, 1.807) is 17.1 Å². The van der Waals surface area contributed by atoms with Crippen molar-refractivity contribution in [1.82, 2.24) is 15.4 Å². The molecule has 136 valence electrons. The molecule has 7 nitrogen and oxygen atoms in total. The van der Waals surface area contributed by atoms with Gasteiger partial charge in [0.2, 0.25) is 11.7 Å². The van der Waals surface area contributed by atoms with Gasteiger partial charge >= 0.3 is 0 Å². The van der Waals surface area contributed by atoms with Gasteiger partial charge in [-0.25, -0.2) is 4.98 Å². The molecule has 1 heterocycles. The van der Waals surface area contributed by atoms with E-state index in [2.05, 4.69) is 31.3 Å². The molecule has 0 aliphatic heterocycles. The average Bonchev–Trinajstić information content (AvgIpc) is 2.58. The fourth-order valence-corrected chi connectivity index (χ4v) is 2.87. The number of phenols is 1. The zero-order valence-electron chi connectivity index (χ0n) is 14.2. The number of hydrogen-bond acceptors (Lipinski definition) is 6. The lowest BCUT2D eigenvalue weighted by atomic mass is 10.1. The van der Waals surface area contributed by atoms with Gasteiger partial charge in [-0.1, -0.05) is 31.5 Å². The molecule has 0 saturated carbocycles. The summed E-state index contributed by atoms with van der Waals surface area (Å²) in [4.78, 5) is 20.5. The Kier molecular flexibility index (Phi) is 6.77. The van der Waals surface area contributed by atoms with E-state index in [1.807, 2.05) is 19.9 Å². The molecule has 1 aromatic heterocycles. The third kappa shape index (κ3) is 5.07. The largest absolute Gasteiger partial charge is 0.508 e. The maximum atomic E-state index is 12.5. The Bertz CT molecular complexity index is 833. The van der Waals surface area contributed by atoms with Crippen molar-refractivity contribution in [3.63, 3.8) is 0 Å². The first-order valence-electron chi connectivity index (χ1n) is 7.77. The van der Waals surface area contributed by atoms with Crippen LogP contribution in [0, 0.1) is 17.2 Å². The number of nitrogens with zero attached hydrogens (tertiary/aromatic N) is 4. The molecular weight excluding hydrogens is 422 g/mol. The number of nitriles is 1. The van der Waals surface area contributed by atoms with Gasteiger partial charge in [0.15, 0.2) is 5.82 Å². The van der Waals surface area contributed by atoms with Crippen molar-refractivity contribution in [2.45, 2.75) is 20.3 Å². The normalized spacial score (nSPS) is 10.5. The first kappa shape index (κ1) is 19.9. The van der Waals surface area contributed by atoms with Gasteiger partial charge in [0.05, 0.1) is 10.9 Å². The first-order valence-corrected chi connectivity index (χ1v) is 8.95. The molecule has 0 spiro atoms. The molecule has 9 heteroatoms. The topological polar surface area (TPSA) is 102 Å². The minimum absolute atomic E-state index is 0.00467. The number of halogens is 2.